The van der Waals surface area contributed by atoms with Gasteiger partial charge in [-0.2, -0.15) is 0 Å². The van der Waals surface area contributed by atoms with E-state index in [1.807, 2.05) is 0 Å². The third-order valence-electron chi connectivity index (χ3n) is 6.12. The van der Waals surface area contributed by atoms with E-state index in [9.17, 15) is 14.0 Å². The summed E-state index contributed by atoms with van der Waals surface area (Å²) >= 11 is 2.85. The minimum absolute atomic E-state index is 0.0452. The van der Waals surface area contributed by atoms with E-state index in [1.54, 1.807) is 29.5 Å². The standard InChI is InChI=1S/C23H24FN3O2S2/c1-13-9-10-14-18(12-13)30-21-19(14)22(29)27(16-7-3-2-6-15(16)24)23(26-21)31-17-8-4-5-11-25-20(17)28/h2-3,6-7,13,17H,4-5,8-12H2,1H3,(H,25,28). The van der Waals surface area contributed by atoms with Crippen LogP contribution in [0.25, 0.3) is 15.9 Å². The molecule has 1 N–H and O–H groups in total. The first kappa shape index (κ1) is 20.7. The highest BCUT2D eigenvalue weighted by Crippen LogP contribution is 2.38. The lowest BCUT2D eigenvalue weighted by atomic mass is 9.89. The number of para-hydroxylation sites is 1. The maximum atomic E-state index is 14.8. The first-order valence-electron chi connectivity index (χ1n) is 10.8. The van der Waals surface area contributed by atoms with Crippen LogP contribution in [0.15, 0.2) is 34.2 Å². The lowest BCUT2D eigenvalue weighted by molar-refractivity contribution is -0.120. The second-order valence-electron chi connectivity index (χ2n) is 8.41. The molecule has 1 fully saturated rings. The van der Waals surface area contributed by atoms with Crippen LogP contribution in [0.1, 0.15) is 43.0 Å². The molecule has 0 radical (unpaired) electrons. The van der Waals surface area contributed by atoms with Gasteiger partial charge in [-0.15, -0.1) is 11.3 Å². The smallest absolute Gasteiger partial charge is 0.267 e. The van der Waals surface area contributed by atoms with Crippen molar-refractivity contribution < 1.29 is 9.18 Å². The number of aryl methyl sites for hydroxylation is 1. The van der Waals surface area contributed by atoms with Crippen LogP contribution in [0.5, 0.6) is 0 Å². The molecule has 8 heteroatoms. The fourth-order valence-electron chi connectivity index (χ4n) is 4.45. The molecule has 2 aliphatic rings. The van der Waals surface area contributed by atoms with Crippen LogP contribution in [-0.2, 0) is 17.6 Å². The van der Waals surface area contributed by atoms with Gasteiger partial charge >= 0.3 is 0 Å². The van der Waals surface area contributed by atoms with Crippen LogP contribution in [0, 0.1) is 11.7 Å². The van der Waals surface area contributed by atoms with Crippen LogP contribution < -0.4 is 10.9 Å². The summed E-state index contributed by atoms with van der Waals surface area (Å²) in [4.78, 5) is 33.1. The monoisotopic (exact) mass is 457 g/mol. The Hall–Kier alpha value is -2.19. The second-order valence-corrected chi connectivity index (χ2v) is 10.7. The van der Waals surface area contributed by atoms with Crippen molar-refractivity contribution in [3.63, 3.8) is 0 Å². The molecule has 0 saturated carbocycles. The number of nitrogens with one attached hydrogen (secondary N) is 1. The van der Waals surface area contributed by atoms with Crippen molar-refractivity contribution >= 4 is 39.2 Å². The van der Waals surface area contributed by atoms with Crippen molar-refractivity contribution in [2.75, 3.05) is 6.54 Å². The van der Waals surface area contributed by atoms with Gasteiger partial charge in [0.15, 0.2) is 5.16 Å². The lowest BCUT2D eigenvalue weighted by Crippen LogP contribution is -2.32. The maximum absolute atomic E-state index is 14.8. The molecular weight excluding hydrogens is 433 g/mol. The molecule has 5 rings (SSSR count). The van der Waals surface area contributed by atoms with Gasteiger partial charge in [-0.05, 0) is 55.7 Å². The molecule has 3 aromatic rings. The molecule has 31 heavy (non-hydrogen) atoms. The van der Waals surface area contributed by atoms with Gasteiger partial charge in [0.25, 0.3) is 5.56 Å². The van der Waals surface area contributed by atoms with E-state index < -0.39 is 5.82 Å². The molecule has 2 atom stereocenters. The minimum atomic E-state index is -0.476. The first-order valence-corrected chi connectivity index (χ1v) is 12.5. The summed E-state index contributed by atoms with van der Waals surface area (Å²) in [5.74, 6) is 0.0600. The maximum Gasteiger partial charge on any atom is 0.267 e. The molecule has 1 aromatic carbocycles. The number of amides is 1. The van der Waals surface area contributed by atoms with Gasteiger partial charge in [0, 0.05) is 11.4 Å². The SMILES string of the molecule is CC1CCc2c(sc3nc(SC4CCCCNC4=O)n(-c4ccccc4F)c(=O)c23)C1. The fraction of sp³-hybridized carbons (Fsp3) is 0.435. The number of carbonyl (C=O) groups excluding carboxylic acids is 1. The summed E-state index contributed by atoms with van der Waals surface area (Å²) in [6.07, 6.45) is 5.40. The molecule has 162 valence electrons. The lowest BCUT2D eigenvalue weighted by Gasteiger charge is -2.18. The minimum Gasteiger partial charge on any atom is -0.355 e. The third kappa shape index (κ3) is 3.80. The van der Waals surface area contributed by atoms with Gasteiger partial charge in [-0.3, -0.25) is 14.2 Å². The van der Waals surface area contributed by atoms with Crippen LogP contribution in [0.3, 0.4) is 0 Å². The van der Waals surface area contributed by atoms with E-state index in [2.05, 4.69) is 12.2 Å². The molecule has 0 spiro atoms. The number of aromatic nitrogens is 2. The Morgan fingerprint density at radius 2 is 2.06 bits per heavy atom. The predicted molar refractivity (Wildman–Crippen MR) is 123 cm³/mol. The average Bonchev–Trinajstić information content (AvgIpc) is 2.98. The van der Waals surface area contributed by atoms with Crippen LogP contribution >= 0.6 is 23.1 Å². The quantitative estimate of drug-likeness (QED) is 0.590. The van der Waals surface area contributed by atoms with E-state index in [-0.39, 0.29) is 22.4 Å². The van der Waals surface area contributed by atoms with E-state index in [0.717, 1.165) is 37.7 Å². The zero-order valence-corrected chi connectivity index (χ0v) is 19.0. The Labute approximate surface area is 188 Å². The van der Waals surface area contributed by atoms with E-state index in [1.165, 1.54) is 27.3 Å². The van der Waals surface area contributed by atoms with Crippen molar-refractivity contribution in [3.05, 3.63) is 50.9 Å². The number of rotatable bonds is 3. The molecule has 2 unspecified atom stereocenters. The number of carbonyl (C=O) groups is 1. The number of halogens is 1. The van der Waals surface area contributed by atoms with Gasteiger partial charge in [-0.1, -0.05) is 37.2 Å². The second kappa shape index (κ2) is 8.39. The normalized spacial score (nSPS) is 21.5. The Balaban J connectivity index is 1.71. The molecule has 3 heterocycles. The van der Waals surface area contributed by atoms with Crippen LogP contribution in [0.2, 0.25) is 0 Å². The fourth-order valence-corrected chi connectivity index (χ4v) is 7.04. The molecule has 1 amide bonds. The van der Waals surface area contributed by atoms with Gasteiger partial charge in [0.2, 0.25) is 5.91 Å². The highest BCUT2D eigenvalue weighted by atomic mass is 32.2. The molecule has 1 aliphatic heterocycles. The highest BCUT2D eigenvalue weighted by Gasteiger charge is 2.29. The van der Waals surface area contributed by atoms with Gasteiger partial charge in [-0.25, -0.2) is 9.37 Å². The Bertz CT molecular complexity index is 1220. The number of hydrogen-bond acceptors (Lipinski definition) is 5. The molecule has 1 aliphatic carbocycles. The van der Waals surface area contributed by atoms with Crippen molar-refractivity contribution in [2.24, 2.45) is 5.92 Å². The molecule has 2 aromatic heterocycles. The summed E-state index contributed by atoms with van der Waals surface area (Å²) in [5.41, 5.74) is 1.02. The van der Waals surface area contributed by atoms with Crippen molar-refractivity contribution in [1.29, 1.82) is 0 Å². The van der Waals surface area contributed by atoms with Crippen molar-refractivity contribution in [1.82, 2.24) is 14.9 Å². The predicted octanol–water partition coefficient (Wildman–Crippen LogP) is 4.47. The Kier molecular flexibility index (Phi) is 5.60. The number of hydrogen-bond donors (Lipinski definition) is 1. The molecular formula is C23H24FN3O2S2. The van der Waals surface area contributed by atoms with Crippen LogP contribution in [-0.4, -0.2) is 27.3 Å². The highest BCUT2D eigenvalue weighted by molar-refractivity contribution is 8.00. The number of benzene rings is 1. The van der Waals surface area contributed by atoms with E-state index in [0.29, 0.717) is 34.3 Å². The summed E-state index contributed by atoms with van der Waals surface area (Å²) < 4.78 is 16.2. The topological polar surface area (TPSA) is 64.0 Å². The zero-order chi connectivity index (χ0) is 21.5. The molecule has 1 saturated heterocycles. The summed E-state index contributed by atoms with van der Waals surface area (Å²) in [6.45, 7) is 2.89. The number of nitrogens with zero attached hydrogens (tertiary/aromatic N) is 2. The zero-order valence-electron chi connectivity index (χ0n) is 17.3. The van der Waals surface area contributed by atoms with Gasteiger partial charge < -0.3 is 5.32 Å². The number of fused-ring (bicyclic) bond motifs is 3. The first-order chi connectivity index (χ1) is 15.0. The van der Waals surface area contributed by atoms with Crippen molar-refractivity contribution in [3.8, 4) is 5.69 Å². The van der Waals surface area contributed by atoms with Crippen molar-refractivity contribution in [2.45, 2.75) is 55.9 Å². The van der Waals surface area contributed by atoms with Gasteiger partial charge in [0.05, 0.1) is 16.3 Å². The van der Waals surface area contributed by atoms with Crippen LogP contribution in [0.4, 0.5) is 4.39 Å². The largest absolute Gasteiger partial charge is 0.355 e. The number of thiophene rings is 1. The van der Waals surface area contributed by atoms with Gasteiger partial charge in [0.1, 0.15) is 10.6 Å². The van der Waals surface area contributed by atoms with E-state index >= 15 is 0 Å². The average molecular weight is 458 g/mol. The van der Waals surface area contributed by atoms with E-state index in [4.69, 9.17) is 4.98 Å². The summed E-state index contributed by atoms with van der Waals surface area (Å²) in [7, 11) is 0. The Morgan fingerprint density at radius 1 is 1.23 bits per heavy atom. The summed E-state index contributed by atoms with van der Waals surface area (Å²) in [5, 5.41) is 3.59. The Morgan fingerprint density at radius 3 is 2.90 bits per heavy atom. The summed E-state index contributed by atoms with van der Waals surface area (Å²) in [6, 6.07) is 6.27. The third-order valence-corrected chi connectivity index (χ3v) is 8.49. The molecule has 0 bridgehead atoms. The molecule has 5 nitrogen and oxygen atoms in total. The number of thioether (sulfide) groups is 1.